The summed E-state index contributed by atoms with van der Waals surface area (Å²) in [5, 5.41) is 3.55. The Morgan fingerprint density at radius 1 is 1.37 bits per heavy atom. The van der Waals surface area contributed by atoms with Gasteiger partial charge in [-0.1, -0.05) is 12.1 Å². The van der Waals surface area contributed by atoms with Gasteiger partial charge >= 0.3 is 0 Å². The molecule has 104 valence electrons. The van der Waals surface area contributed by atoms with E-state index in [0.717, 1.165) is 29.8 Å². The molecule has 1 saturated carbocycles. The van der Waals surface area contributed by atoms with Crippen LogP contribution in [-0.4, -0.2) is 23.7 Å². The molecule has 1 aliphatic rings. The number of nitrogens with two attached hydrogens (primary N) is 2. The first-order valence-corrected chi connectivity index (χ1v) is 7.66. The average molecular weight is 279 g/mol. The summed E-state index contributed by atoms with van der Waals surface area (Å²) < 4.78 is 0. The topological polar surface area (TPSA) is 81.1 Å². The lowest BCUT2D eigenvalue weighted by molar-refractivity contribution is -0.115. The van der Waals surface area contributed by atoms with Crippen molar-refractivity contribution in [3.63, 3.8) is 0 Å². The molecule has 0 bridgehead atoms. The highest BCUT2D eigenvalue weighted by molar-refractivity contribution is 8.00. The highest BCUT2D eigenvalue weighted by Gasteiger charge is 2.19. The SMILES string of the molecule is NC(=O)CSc1ccccc1NC1CCCC(N)C1. The minimum absolute atomic E-state index is 0.292. The van der Waals surface area contributed by atoms with Gasteiger partial charge in [-0.3, -0.25) is 4.79 Å². The van der Waals surface area contributed by atoms with Crippen molar-refractivity contribution in [2.24, 2.45) is 11.5 Å². The first kappa shape index (κ1) is 14.2. The summed E-state index contributed by atoms with van der Waals surface area (Å²) in [5.41, 5.74) is 12.3. The van der Waals surface area contributed by atoms with Crippen LogP contribution in [0.1, 0.15) is 25.7 Å². The molecule has 1 aromatic carbocycles. The molecule has 5 N–H and O–H groups in total. The number of anilines is 1. The summed E-state index contributed by atoms with van der Waals surface area (Å²) in [5.74, 6) is 0.0163. The van der Waals surface area contributed by atoms with Crippen LogP contribution in [0.2, 0.25) is 0 Å². The zero-order valence-corrected chi connectivity index (χ0v) is 11.8. The van der Waals surface area contributed by atoms with Crippen molar-refractivity contribution in [1.82, 2.24) is 0 Å². The number of nitrogens with one attached hydrogen (secondary N) is 1. The maximum atomic E-state index is 10.9. The van der Waals surface area contributed by atoms with Crippen LogP contribution in [0, 0.1) is 0 Å². The van der Waals surface area contributed by atoms with Gasteiger partial charge in [0.1, 0.15) is 0 Å². The summed E-state index contributed by atoms with van der Waals surface area (Å²) in [6, 6.07) is 8.76. The van der Waals surface area contributed by atoms with Gasteiger partial charge in [0.15, 0.2) is 0 Å². The van der Waals surface area contributed by atoms with E-state index in [1.54, 1.807) is 0 Å². The fourth-order valence-electron chi connectivity index (χ4n) is 2.44. The molecule has 1 amide bonds. The molecule has 0 aliphatic heterocycles. The Morgan fingerprint density at radius 2 is 2.16 bits per heavy atom. The van der Waals surface area contributed by atoms with Crippen LogP contribution in [0.25, 0.3) is 0 Å². The van der Waals surface area contributed by atoms with Crippen molar-refractivity contribution in [1.29, 1.82) is 0 Å². The quantitative estimate of drug-likeness (QED) is 0.720. The summed E-state index contributed by atoms with van der Waals surface area (Å²) in [7, 11) is 0. The maximum Gasteiger partial charge on any atom is 0.227 e. The molecular formula is C14H21N3OS. The van der Waals surface area contributed by atoms with Crippen molar-refractivity contribution in [2.75, 3.05) is 11.1 Å². The van der Waals surface area contributed by atoms with Gasteiger partial charge in [0.05, 0.1) is 5.75 Å². The fourth-order valence-corrected chi connectivity index (χ4v) is 3.19. The van der Waals surface area contributed by atoms with Crippen molar-refractivity contribution in [2.45, 2.75) is 42.7 Å². The molecule has 1 aliphatic carbocycles. The van der Waals surface area contributed by atoms with Crippen molar-refractivity contribution >= 4 is 23.4 Å². The molecule has 0 spiro atoms. The van der Waals surface area contributed by atoms with E-state index in [1.165, 1.54) is 18.2 Å². The number of para-hydroxylation sites is 1. The summed E-state index contributed by atoms with van der Waals surface area (Å²) in [6.45, 7) is 0. The van der Waals surface area contributed by atoms with Crippen LogP contribution < -0.4 is 16.8 Å². The number of hydrogen-bond donors (Lipinski definition) is 3. The van der Waals surface area contributed by atoms with Gasteiger partial charge in [0, 0.05) is 22.7 Å². The first-order valence-electron chi connectivity index (χ1n) is 6.67. The molecular weight excluding hydrogens is 258 g/mol. The molecule has 19 heavy (non-hydrogen) atoms. The Morgan fingerprint density at radius 3 is 2.89 bits per heavy atom. The van der Waals surface area contributed by atoms with Crippen molar-refractivity contribution in [3.8, 4) is 0 Å². The molecule has 2 rings (SSSR count). The first-order chi connectivity index (χ1) is 9.15. The Labute approximate surface area is 118 Å². The van der Waals surface area contributed by atoms with Crippen LogP contribution in [0.3, 0.4) is 0 Å². The van der Waals surface area contributed by atoms with Gasteiger partial charge in [0.25, 0.3) is 0 Å². The highest BCUT2D eigenvalue weighted by atomic mass is 32.2. The van der Waals surface area contributed by atoms with Crippen molar-refractivity contribution in [3.05, 3.63) is 24.3 Å². The largest absolute Gasteiger partial charge is 0.381 e. The maximum absolute atomic E-state index is 10.9. The molecule has 1 aromatic rings. The van der Waals surface area contributed by atoms with E-state index in [-0.39, 0.29) is 5.91 Å². The second-order valence-corrected chi connectivity index (χ2v) is 6.04. The lowest BCUT2D eigenvalue weighted by Crippen LogP contribution is -2.35. The lowest BCUT2D eigenvalue weighted by Gasteiger charge is -2.28. The second-order valence-electron chi connectivity index (χ2n) is 5.02. The lowest BCUT2D eigenvalue weighted by atomic mass is 9.91. The van der Waals surface area contributed by atoms with Gasteiger partial charge in [0.2, 0.25) is 5.91 Å². The zero-order valence-electron chi connectivity index (χ0n) is 11.0. The minimum Gasteiger partial charge on any atom is -0.381 e. The average Bonchev–Trinajstić information content (AvgIpc) is 2.38. The molecule has 0 radical (unpaired) electrons. The standard InChI is InChI=1S/C14H21N3OS/c15-10-4-3-5-11(8-10)17-12-6-1-2-7-13(12)19-9-14(16)18/h1-2,6-7,10-11,17H,3-5,8-9,15H2,(H2,16,18). The second kappa shape index (κ2) is 6.82. The van der Waals surface area contributed by atoms with Crippen LogP contribution >= 0.6 is 11.8 Å². The van der Waals surface area contributed by atoms with Crippen LogP contribution in [-0.2, 0) is 4.79 Å². The van der Waals surface area contributed by atoms with Gasteiger partial charge in [-0.05, 0) is 37.8 Å². The predicted octanol–water partition coefficient (Wildman–Crippen LogP) is 1.95. The minimum atomic E-state index is -0.292. The zero-order chi connectivity index (χ0) is 13.7. The van der Waals surface area contributed by atoms with Crippen LogP contribution in [0.15, 0.2) is 29.2 Å². The number of primary amides is 1. The number of carbonyl (C=O) groups is 1. The van der Waals surface area contributed by atoms with Crippen LogP contribution in [0.4, 0.5) is 5.69 Å². The monoisotopic (exact) mass is 279 g/mol. The normalized spacial score (nSPS) is 23.0. The Kier molecular flexibility index (Phi) is 5.10. The molecule has 0 aromatic heterocycles. The van der Waals surface area contributed by atoms with Crippen molar-refractivity contribution < 1.29 is 4.79 Å². The highest BCUT2D eigenvalue weighted by Crippen LogP contribution is 2.29. The number of thioether (sulfide) groups is 1. The number of hydrogen-bond acceptors (Lipinski definition) is 4. The summed E-state index contributed by atoms with van der Waals surface area (Å²) in [4.78, 5) is 12.0. The Bertz CT molecular complexity index is 438. The van der Waals surface area contributed by atoms with E-state index in [2.05, 4.69) is 5.32 Å². The third kappa shape index (κ3) is 4.44. The molecule has 0 heterocycles. The van der Waals surface area contributed by atoms with Gasteiger partial charge in [-0.15, -0.1) is 11.8 Å². The van der Waals surface area contributed by atoms with E-state index >= 15 is 0 Å². The molecule has 2 atom stereocenters. The molecule has 5 heteroatoms. The van der Waals surface area contributed by atoms with E-state index in [1.807, 2.05) is 24.3 Å². The van der Waals surface area contributed by atoms with Gasteiger partial charge in [-0.2, -0.15) is 0 Å². The third-order valence-electron chi connectivity index (χ3n) is 3.33. The number of benzene rings is 1. The Hall–Kier alpha value is -1.20. The molecule has 4 nitrogen and oxygen atoms in total. The Balaban J connectivity index is 2.00. The molecule has 1 fully saturated rings. The van der Waals surface area contributed by atoms with Crippen LogP contribution in [0.5, 0.6) is 0 Å². The van der Waals surface area contributed by atoms with Gasteiger partial charge < -0.3 is 16.8 Å². The van der Waals surface area contributed by atoms with Gasteiger partial charge in [-0.25, -0.2) is 0 Å². The summed E-state index contributed by atoms with van der Waals surface area (Å²) >= 11 is 1.48. The number of carbonyl (C=O) groups excluding carboxylic acids is 1. The summed E-state index contributed by atoms with van der Waals surface area (Å²) in [6.07, 6.45) is 4.46. The van der Waals surface area contributed by atoms with E-state index in [0.29, 0.717) is 17.8 Å². The third-order valence-corrected chi connectivity index (χ3v) is 4.43. The molecule has 2 unspecified atom stereocenters. The number of rotatable bonds is 5. The van der Waals surface area contributed by atoms with E-state index in [4.69, 9.17) is 11.5 Å². The smallest absolute Gasteiger partial charge is 0.227 e. The fraction of sp³-hybridized carbons (Fsp3) is 0.500. The molecule has 0 saturated heterocycles. The predicted molar refractivity (Wildman–Crippen MR) is 80.2 cm³/mol. The number of amides is 1. The van der Waals surface area contributed by atoms with E-state index in [9.17, 15) is 4.79 Å². The van der Waals surface area contributed by atoms with E-state index < -0.39 is 0 Å².